The molecule has 0 fully saturated rings. The van der Waals surface area contributed by atoms with E-state index >= 15 is 0 Å². The number of aliphatic hydroxyl groups excluding tert-OH is 1. The van der Waals surface area contributed by atoms with Gasteiger partial charge in [-0.05, 0) is 30.0 Å². The lowest BCUT2D eigenvalue weighted by Gasteiger charge is -2.11. The van der Waals surface area contributed by atoms with Crippen molar-refractivity contribution in [3.8, 4) is 5.75 Å². The highest BCUT2D eigenvalue weighted by atomic mass is 16.3. The van der Waals surface area contributed by atoms with Crippen LogP contribution >= 0.6 is 0 Å². The van der Waals surface area contributed by atoms with Crippen LogP contribution in [0.4, 0.5) is 0 Å². The van der Waals surface area contributed by atoms with E-state index in [0.29, 0.717) is 13.0 Å². The normalized spacial score (nSPS) is 12.1. The first-order valence-corrected chi connectivity index (χ1v) is 5.77. The number of carbonyl (C=O) groups is 1. The predicted molar refractivity (Wildman–Crippen MR) is 65.7 cm³/mol. The van der Waals surface area contributed by atoms with Gasteiger partial charge in [0.05, 0.1) is 6.42 Å². The van der Waals surface area contributed by atoms with Gasteiger partial charge in [0.1, 0.15) is 5.75 Å². The highest BCUT2D eigenvalue weighted by molar-refractivity contribution is 5.78. The van der Waals surface area contributed by atoms with Crippen molar-refractivity contribution in [1.29, 1.82) is 0 Å². The van der Waals surface area contributed by atoms with Crippen molar-refractivity contribution in [2.75, 3.05) is 13.2 Å². The number of amides is 1. The summed E-state index contributed by atoms with van der Waals surface area (Å²) >= 11 is 0. The molecule has 1 amide bonds. The summed E-state index contributed by atoms with van der Waals surface area (Å²) in [5.74, 6) is 0.373. The van der Waals surface area contributed by atoms with Gasteiger partial charge < -0.3 is 15.5 Å². The van der Waals surface area contributed by atoms with E-state index in [4.69, 9.17) is 5.11 Å². The summed E-state index contributed by atoms with van der Waals surface area (Å²) in [5.41, 5.74) is 0.789. The fourth-order valence-corrected chi connectivity index (χ4v) is 1.52. The maximum absolute atomic E-state index is 11.6. The molecule has 0 spiro atoms. The zero-order chi connectivity index (χ0) is 12.7. The van der Waals surface area contributed by atoms with Gasteiger partial charge in [0.15, 0.2) is 0 Å². The van der Waals surface area contributed by atoms with E-state index < -0.39 is 0 Å². The minimum Gasteiger partial charge on any atom is -0.508 e. The van der Waals surface area contributed by atoms with Crippen molar-refractivity contribution in [1.82, 2.24) is 5.32 Å². The Morgan fingerprint density at radius 2 is 2.24 bits per heavy atom. The summed E-state index contributed by atoms with van der Waals surface area (Å²) in [4.78, 5) is 11.6. The Balaban J connectivity index is 2.34. The molecule has 0 aliphatic rings. The van der Waals surface area contributed by atoms with Crippen LogP contribution in [0.2, 0.25) is 0 Å². The lowest BCUT2D eigenvalue weighted by molar-refractivity contribution is -0.120. The van der Waals surface area contributed by atoms with Crippen LogP contribution < -0.4 is 5.32 Å². The van der Waals surface area contributed by atoms with Gasteiger partial charge >= 0.3 is 0 Å². The Labute approximate surface area is 101 Å². The van der Waals surface area contributed by atoms with Crippen molar-refractivity contribution < 1.29 is 15.0 Å². The molecule has 0 radical (unpaired) electrons. The average Bonchev–Trinajstić information content (AvgIpc) is 2.27. The number of rotatable bonds is 6. The van der Waals surface area contributed by atoms with Crippen molar-refractivity contribution in [2.45, 2.75) is 19.8 Å². The van der Waals surface area contributed by atoms with E-state index in [1.807, 2.05) is 6.92 Å². The first-order valence-electron chi connectivity index (χ1n) is 5.77. The zero-order valence-corrected chi connectivity index (χ0v) is 10.0. The molecule has 1 atom stereocenters. The molecule has 94 valence electrons. The second-order valence-electron chi connectivity index (χ2n) is 4.27. The number of hydrogen-bond donors (Lipinski definition) is 3. The van der Waals surface area contributed by atoms with Crippen LogP contribution in [0, 0.1) is 5.92 Å². The molecule has 0 aromatic heterocycles. The molecule has 1 aromatic rings. The van der Waals surface area contributed by atoms with Gasteiger partial charge in [-0.3, -0.25) is 4.79 Å². The lowest BCUT2D eigenvalue weighted by Crippen LogP contribution is -2.29. The van der Waals surface area contributed by atoms with E-state index in [-0.39, 0.29) is 30.6 Å². The number of hydrogen-bond acceptors (Lipinski definition) is 3. The van der Waals surface area contributed by atoms with Gasteiger partial charge in [-0.1, -0.05) is 19.1 Å². The number of aliphatic hydroxyl groups is 1. The summed E-state index contributed by atoms with van der Waals surface area (Å²) in [7, 11) is 0. The molecule has 0 bridgehead atoms. The Bertz CT molecular complexity index is 365. The molecule has 1 rings (SSSR count). The first-order chi connectivity index (χ1) is 8.11. The molecule has 1 aromatic carbocycles. The highest BCUT2D eigenvalue weighted by Crippen LogP contribution is 2.11. The predicted octanol–water partition coefficient (Wildman–Crippen LogP) is 1.07. The monoisotopic (exact) mass is 237 g/mol. The second-order valence-corrected chi connectivity index (χ2v) is 4.27. The van der Waals surface area contributed by atoms with Crippen molar-refractivity contribution >= 4 is 5.91 Å². The third-order valence-electron chi connectivity index (χ3n) is 2.54. The van der Waals surface area contributed by atoms with Crippen LogP contribution in [0.25, 0.3) is 0 Å². The fraction of sp³-hybridized carbons (Fsp3) is 0.462. The molecule has 3 N–H and O–H groups in total. The maximum Gasteiger partial charge on any atom is 0.224 e. The van der Waals surface area contributed by atoms with E-state index in [1.54, 1.807) is 24.3 Å². The molecular weight excluding hydrogens is 218 g/mol. The first kappa shape index (κ1) is 13.5. The van der Waals surface area contributed by atoms with Crippen LogP contribution in [-0.2, 0) is 11.2 Å². The van der Waals surface area contributed by atoms with E-state index in [9.17, 15) is 9.90 Å². The van der Waals surface area contributed by atoms with E-state index in [2.05, 4.69) is 5.32 Å². The Kier molecular flexibility index (Phi) is 5.49. The smallest absolute Gasteiger partial charge is 0.224 e. The van der Waals surface area contributed by atoms with Gasteiger partial charge in [-0.15, -0.1) is 0 Å². The number of benzene rings is 1. The maximum atomic E-state index is 11.6. The molecule has 0 saturated carbocycles. The average molecular weight is 237 g/mol. The molecule has 0 heterocycles. The number of phenolic OH excluding ortho intramolecular Hbond substituents is 1. The highest BCUT2D eigenvalue weighted by Gasteiger charge is 2.06. The summed E-state index contributed by atoms with van der Waals surface area (Å²) < 4.78 is 0. The lowest BCUT2D eigenvalue weighted by atomic mass is 10.1. The van der Waals surface area contributed by atoms with Crippen LogP contribution in [0.5, 0.6) is 5.75 Å². The van der Waals surface area contributed by atoms with E-state index in [0.717, 1.165) is 5.56 Å². The Morgan fingerprint density at radius 3 is 2.88 bits per heavy atom. The molecule has 4 nitrogen and oxygen atoms in total. The van der Waals surface area contributed by atoms with Crippen LogP contribution in [0.3, 0.4) is 0 Å². The number of aromatic hydroxyl groups is 1. The molecular formula is C13H19NO3. The summed E-state index contributed by atoms with van der Waals surface area (Å²) in [6, 6.07) is 6.67. The molecule has 4 heteroatoms. The molecule has 0 saturated heterocycles. The van der Waals surface area contributed by atoms with Gasteiger partial charge in [0.2, 0.25) is 5.91 Å². The van der Waals surface area contributed by atoms with Gasteiger partial charge in [-0.25, -0.2) is 0 Å². The summed E-state index contributed by atoms with van der Waals surface area (Å²) in [6.45, 7) is 2.69. The number of nitrogens with one attached hydrogen (secondary N) is 1. The van der Waals surface area contributed by atoms with Gasteiger partial charge in [0.25, 0.3) is 0 Å². The summed E-state index contributed by atoms with van der Waals surface area (Å²) in [5, 5.41) is 20.8. The minimum absolute atomic E-state index is 0.0691. The topological polar surface area (TPSA) is 69.6 Å². The second kappa shape index (κ2) is 6.91. The van der Waals surface area contributed by atoms with Crippen molar-refractivity contribution in [3.05, 3.63) is 29.8 Å². The van der Waals surface area contributed by atoms with Crippen LogP contribution in [0.1, 0.15) is 18.9 Å². The SMILES string of the molecule is CC(CCO)CNC(=O)Cc1cccc(O)c1. The van der Waals surface area contributed by atoms with Gasteiger partial charge in [0, 0.05) is 13.2 Å². The van der Waals surface area contributed by atoms with Crippen LogP contribution in [-0.4, -0.2) is 29.3 Å². The third-order valence-corrected chi connectivity index (χ3v) is 2.54. The minimum atomic E-state index is -0.0691. The van der Waals surface area contributed by atoms with Crippen LogP contribution in [0.15, 0.2) is 24.3 Å². The molecule has 1 unspecified atom stereocenters. The number of carbonyl (C=O) groups excluding carboxylic acids is 1. The van der Waals surface area contributed by atoms with Crippen molar-refractivity contribution in [2.24, 2.45) is 5.92 Å². The molecule has 0 aliphatic heterocycles. The summed E-state index contributed by atoms with van der Waals surface area (Å²) in [6.07, 6.45) is 0.951. The van der Waals surface area contributed by atoms with E-state index in [1.165, 1.54) is 0 Å². The zero-order valence-electron chi connectivity index (χ0n) is 10.0. The number of phenols is 1. The molecule has 17 heavy (non-hydrogen) atoms. The fourth-order valence-electron chi connectivity index (χ4n) is 1.52. The van der Waals surface area contributed by atoms with Crippen molar-refractivity contribution in [3.63, 3.8) is 0 Å². The quantitative estimate of drug-likeness (QED) is 0.693. The standard InChI is InChI=1S/C13H19NO3/c1-10(5-6-15)9-14-13(17)8-11-3-2-4-12(16)7-11/h2-4,7,10,15-16H,5-6,8-9H2,1H3,(H,14,17). The van der Waals surface area contributed by atoms with Gasteiger partial charge in [-0.2, -0.15) is 0 Å². The largest absolute Gasteiger partial charge is 0.508 e. The third kappa shape index (κ3) is 5.36. The molecule has 0 aliphatic carbocycles. The Hall–Kier alpha value is -1.55. The Morgan fingerprint density at radius 1 is 1.47 bits per heavy atom.